The summed E-state index contributed by atoms with van der Waals surface area (Å²) in [7, 11) is 0. The molecule has 4 rings (SSSR count). The molecule has 0 N–H and O–H groups in total. The number of rotatable bonds is 4. The SMILES string of the molecule is CCOC(=O)C1=C(C)N=c2s/c(=C\c3ccc(Br)cc3)c(=O)n2[C@H]1c1ccc(F)cc1. The lowest BCUT2D eigenvalue weighted by Crippen LogP contribution is -2.39. The first-order chi connectivity index (χ1) is 14.9. The van der Waals surface area contributed by atoms with Crippen LogP contribution in [0.5, 0.6) is 0 Å². The first kappa shape index (κ1) is 21.4. The summed E-state index contributed by atoms with van der Waals surface area (Å²) in [5.41, 5.74) is 1.96. The maximum Gasteiger partial charge on any atom is 0.338 e. The third-order valence-electron chi connectivity index (χ3n) is 4.87. The summed E-state index contributed by atoms with van der Waals surface area (Å²) < 4.78 is 21.7. The molecule has 1 aromatic heterocycles. The Labute approximate surface area is 190 Å². The minimum Gasteiger partial charge on any atom is -0.463 e. The Morgan fingerprint density at radius 1 is 1.23 bits per heavy atom. The summed E-state index contributed by atoms with van der Waals surface area (Å²) in [6.07, 6.45) is 1.79. The Balaban J connectivity index is 1.94. The molecule has 1 atom stereocenters. The summed E-state index contributed by atoms with van der Waals surface area (Å²) in [6, 6.07) is 12.6. The second kappa shape index (κ2) is 8.72. The molecule has 5 nitrogen and oxygen atoms in total. The number of esters is 1. The Bertz CT molecular complexity index is 1360. The lowest BCUT2D eigenvalue weighted by atomic mass is 9.96. The van der Waals surface area contributed by atoms with Gasteiger partial charge in [-0.1, -0.05) is 51.5 Å². The van der Waals surface area contributed by atoms with Gasteiger partial charge in [0.05, 0.1) is 28.5 Å². The van der Waals surface area contributed by atoms with Gasteiger partial charge in [-0.25, -0.2) is 14.2 Å². The Morgan fingerprint density at radius 2 is 1.90 bits per heavy atom. The number of ether oxygens (including phenoxy) is 1. The van der Waals surface area contributed by atoms with Gasteiger partial charge in [-0.15, -0.1) is 0 Å². The second-order valence-corrected chi connectivity index (χ2v) is 8.83. The Morgan fingerprint density at radius 3 is 2.55 bits per heavy atom. The van der Waals surface area contributed by atoms with Gasteiger partial charge in [0.2, 0.25) is 0 Å². The predicted octanol–water partition coefficient (Wildman–Crippen LogP) is 3.70. The van der Waals surface area contributed by atoms with E-state index in [-0.39, 0.29) is 17.7 Å². The number of halogens is 2. The number of hydrogen-bond donors (Lipinski definition) is 0. The molecule has 0 unspecified atom stereocenters. The van der Waals surface area contributed by atoms with Crippen LogP contribution >= 0.6 is 27.3 Å². The number of thiazole rings is 1. The van der Waals surface area contributed by atoms with Crippen molar-refractivity contribution in [2.45, 2.75) is 19.9 Å². The summed E-state index contributed by atoms with van der Waals surface area (Å²) in [4.78, 5) is 31.2. The van der Waals surface area contributed by atoms with E-state index in [9.17, 15) is 14.0 Å². The fraction of sp³-hybridized carbons (Fsp3) is 0.174. The number of allylic oxidation sites excluding steroid dienone is 1. The topological polar surface area (TPSA) is 60.7 Å². The van der Waals surface area contributed by atoms with Crippen molar-refractivity contribution in [2.75, 3.05) is 6.61 Å². The molecule has 0 radical (unpaired) electrons. The van der Waals surface area contributed by atoms with Crippen LogP contribution in [-0.4, -0.2) is 17.1 Å². The molecule has 158 valence electrons. The van der Waals surface area contributed by atoms with Crippen molar-refractivity contribution < 1.29 is 13.9 Å². The highest BCUT2D eigenvalue weighted by molar-refractivity contribution is 9.10. The molecule has 1 aliphatic heterocycles. The van der Waals surface area contributed by atoms with Crippen LogP contribution in [0, 0.1) is 5.82 Å². The molecule has 0 aliphatic carbocycles. The van der Waals surface area contributed by atoms with Gasteiger partial charge in [0.25, 0.3) is 5.56 Å². The van der Waals surface area contributed by atoms with E-state index < -0.39 is 17.8 Å². The Hall–Kier alpha value is -2.84. The lowest BCUT2D eigenvalue weighted by molar-refractivity contribution is -0.139. The summed E-state index contributed by atoms with van der Waals surface area (Å²) in [6.45, 7) is 3.63. The molecule has 3 aromatic rings. The maximum atomic E-state index is 13.6. The molecular formula is C23H18BrFN2O3S. The van der Waals surface area contributed by atoms with Crippen molar-refractivity contribution in [3.8, 4) is 0 Å². The predicted molar refractivity (Wildman–Crippen MR) is 121 cm³/mol. The van der Waals surface area contributed by atoms with Gasteiger partial charge in [0.15, 0.2) is 4.80 Å². The van der Waals surface area contributed by atoms with Crippen LogP contribution < -0.4 is 14.9 Å². The van der Waals surface area contributed by atoms with Crippen LogP contribution in [0.3, 0.4) is 0 Å². The molecule has 1 aliphatic rings. The molecule has 0 fully saturated rings. The highest BCUT2D eigenvalue weighted by Crippen LogP contribution is 2.30. The number of fused-ring (bicyclic) bond motifs is 1. The molecule has 31 heavy (non-hydrogen) atoms. The number of hydrogen-bond acceptors (Lipinski definition) is 5. The van der Waals surface area contributed by atoms with Gasteiger partial charge in [-0.3, -0.25) is 9.36 Å². The van der Waals surface area contributed by atoms with Crippen LogP contribution in [0.15, 0.2) is 74.1 Å². The van der Waals surface area contributed by atoms with Crippen LogP contribution in [0.1, 0.15) is 31.0 Å². The van der Waals surface area contributed by atoms with Crippen LogP contribution in [0.25, 0.3) is 6.08 Å². The second-order valence-electron chi connectivity index (χ2n) is 6.91. The molecule has 2 heterocycles. The third-order valence-corrected chi connectivity index (χ3v) is 6.38. The fourth-order valence-electron chi connectivity index (χ4n) is 3.46. The zero-order valence-corrected chi connectivity index (χ0v) is 19.2. The number of carbonyl (C=O) groups is 1. The average molecular weight is 501 g/mol. The standard InChI is InChI=1S/C23H18BrFN2O3S/c1-3-30-22(29)19-13(2)26-23-27(20(19)15-6-10-17(25)11-7-15)21(28)18(31-23)12-14-4-8-16(24)9-5-14/h4-12,20H,3H2,1-2H3/b18-12-/t20-/m0/s1. The van der Waals surface area contributed by atoms with Gasteiger partial charge in [-0.2, -0.15) is 0 Å². The van der Waals surface area contributed by atoms with E-state index in [1.54, 1.807) is 32.1 Å². The van der Waals surface area contributed by atoms with Gasteiger partial charge < -0.3 is 4.74 Å². The quantitative estimate of drug-likeness (QED) is 0.513. The van der Waals surface area contributed by atoms with Gasteiger partial charge in [-0.05, 0) is 55.3 Å². The molecule has 0 bridgehead atoms. The first-order valence-corrected chi connectivity index (χ1v) is 11.2. The van der Waals surface area contributed by atoms with Crippen molar-refractivity contribution in [1.82, 2.24) is 4.57 Å². The van der Waals surface area contributed by atoms with E-state index in [4.69, 9.17) is 4.74 Å². The molecule has 2 aromatic carbocycles. The number of aromatic nitrogens is 1. The van der Waals surface area contributed by atoms with Gasteiger partial charge in [0, 0.05) is 4.47 Å². The van der Waals surface area contributed by atoms with Crippen molar-refractivity contribution in [3.63, 3.8) is 0 Å². The summed E-state index contributed by atoms with van der Waals surface area (Å²) in [5, 5.41) is 0. The molecule has 0 saturated heterocycles. The van der Waals surface area contributed by atoms with Gasteiger partial charge >= 0.3 is 5.97 Å². The Kier molecular flexibility index (Phi) is 6.02. The number of nitrogens with zero attached hydrogens (tertiary/aromatic N) is 2. The zero-order valence-electron chi connectivity index (χ0n) is 16.8. The fourth-order valence-corrected chi connectivity index (χ4v) is 4.77. The average Bonchev–Trinajstić information content (AvgIpc) is 3.04. The summed E-state index contributed by atoms with van der Waals surface area (Å²) in [5.74, 6) is -0.940. The minimum absolute atomic E-state index is 0.194. The van der Waals surface area contributed by atoms with Crippen molar-refractivity contribution >= 4 is 39.3 Å². The van der Waals surface area contributed by atoms with E-state index in [1.165, 1.54) is 28.0 Å². The number of carbonyl (C=O) groups excluding carboxylic acids is 1. The van der Waals surface area contributed by atoms with E-state index in [0.717, 1.165) is 10.0 Å². The van der Waals surface area contributed by atoms with Crippen LogP contribution in [-0.2, 0) is 9.53 Å². The highest BCUT2D eigenvalue weighted by atomic mass is 79.9. The van der Waals surface area contributed by atoms with E-state index in [0.29, 0.717) is 20.6 Å². The maximum absolute atomic E-state index is 13.6. The smallest absolute Gasteiger partial charge is 0.338 e. The van der Waals surface area contributed by atoms with Gasteiger partial charge in [0.1, 0.15) is 5.82 Å². The third kappa shape index (κ3) is 4.18. The minimum atomic E-state index is -0.747. The highest BCUT2D eigenvalue weighted by Gasteiger charge is 2.33. The molecule has 0 amide bonds. The molecule has 8 heteroatoms. The van der Waals surface area contributed by atoms with Crippen LogP contribution in [0.2, 0.25) is 0 Å². The largest absolute Gasteiger partial charge is 0.463 e. The van der Waals surface area contributed by atoms with Crippen LogP contribution in [0.4, 0.5) is 4.39 Å². The number of benzene rings is 2. The zero-order chi connectivity index (χ0) is 22.1. The molecular weight excluding hydrogens is 483 g/mol. The molecule has 0 spiro atoms. The summed E-state index contributed by atoms with van der Waals surface area (Å²) >= 11 is 4.65. The molecule has 0 saturated carbocycles. The van der Waals surface area contributed by atoms with E-state index in [1.807, 2.05) is 24.3 Å². The monoisotopic (exact) mass is 500 g/mol. The van der Waals surface area contributed by atoms with Crippen molar-refractivity contribution in [1.29, 1.82) is 0 Å². The van der Waals surface area contributed by atoms with E-state index >= 15 is 0 Å². The van der Waals surface area contributed by atoms with Crippen molar-refractivity contribution in [2.24, 2.45) is 4.99 Å². The first-order valence-electron chi connectivity index (χ1n) is 9.59. The normalized spacial score (nSPS) is 16.1. The van der Waals surface area contributed by atoms with Crippen molar-refractivity contribution in [3.05, 3.63) is 101 Å². The van der Waals surface area contributed by atoms with E-state index in [2.05, 4.69) is 20.9 Å². The lowest BCUT2D eigenvalue weighted by Gasteiger charge is -2.24.